The lowest BCUT2D eigenvalue weighted by Crippen LogP contribution is -2.36. The van der Waals surface area contributed by atoms with E-state index < -0.39 is 11.4 Å². The number of aromatic nitrogens is 4. The third-order valence-electron chi connectivity index (χ3n) is 5.80. The summed E-state index contributed by atoms with van der Waals surface area (Å²) >= 11 is 0. The van der Waals surface area contributed by atoms with Crippen LogP contribution in [-0.4, -0.2) is 26.8 Å². The van der Waals surface area contributed by atoms with Gasteiger partial charge in [-0.05, 0) is 51.5 Å². The summed E-state index contributed by atoms with van der Waals surface area (Å²) in [5.74, 6) is 0.530. The number of aryl methyl sites for hydroxylation is 2. The van der Waals surface area contributed by atoms with Gasteiger partial charge >= 0.3 is 0 Å². The number of halogens is 2. The third kappa shape index (κ3) is 2.39. The van der Waals surface area contributed by atoms with Crippen molar-refractivity contribution in [1.82, 2.24) is 19.7 Å². The largest absolute Gasteiger partial charge is 0.386 e. The van der Waals surface area contributed by atoms with Crippen molar-refractivity contribution in [2.75, 3.05) is 17.7 Å². The summed E-state index contributed by atoms with van der Waals surface area (Å²) in [4.78, 5) is 3.21. The van der Waals surface area contributed by atoms with Crippen LogP contribution >= 0.6 is 0 Å². The highest BCUT2D eigenvalue weighted by molar-refractivity contribution is 6.02. The third-order valence-corrected chi connectivity index (χ3v) is 5.80. The van der Waals surface area contributed by atoms with Crippen LogP contribution in [0.1, 0.15) is 31.1 Å². The SMILES string of the molecule is CNc1c(-c2cc(F)cc3c(C)c[nH]c23)cc(F)c2c1-n1c(C)nnc1C(C)(C)N2. The van der Waals surface area contributed by atoms with Crippen molar-refractivity contribution in [3.05, 3.63) is 53.2 Å². The molecule has 0 spiro atoms. The normalized spacial score (nSPS) is 14.4. The Kier molecular flexibility index (Phi) is 3.75. The molecule has 0 radical (unpaired) electrons. The highest BCUT2D eigenvalue weighted by atomic mass is 19.1. The lowest BCUT2D eigenvalue weighted by molar-refractivity contribution is 0.523. The van der Waals surface area contributed by atoms with Crippen molar-refractivity contribution in [3.8, 4) is 16.8 Å². The molecule has 1 aliphatic rings. The van der Waals surface area contributed by atoms with Gasteiger partial charge < -0.3 is 15.6 Å². The Morgan fingerprint density at radius 3 is 2.57 bits per heavy atom. The van der Waals surface area contributed by atoms with E-state index in [0.29, 0.717) is 39.8 Å². The van der Waals surface area contributed by atoms with E-state index in [1.54, 1.807) is 7.05 Å². The lowest BCUT2D eigenvalue weighted by atomic mass is 9.94. The summed E-state index contributed by atoms with van der Waals surface area (Å²) in [6.45, 7) is 7.61. The molecule has 154 valence electrons. The van der Waals surface area contributed by atoms with Crippen molar-refractivity contribution in [2.45, 2.75) is 33.2 Å². The first-order valence-electron chi connectivity index (χ1n) is 9.76. The van der Waals surface area contributed by atoms with E-state index in [9.17, 15) is 4.39 Å². The van der Waals surface area contributed by atoms with Crippen molar-refractivity contribution < 1.29 is 8.78 Å². The zero-order chi connectivity index (χ0) is 21.4. The van der Waals surface area contributed by atoms with Crippen molar-refractivity contribution in [3.63, 3.8) is 0 Å². The number of nitrogens with one attached hydrogen (secondary N) is 3. The van der Waals surface area contributed by atoms with Gasteiger partial charge in [-0.15, -0.1) is 10.2 Å². The Labute approximate surface area is 172 Å². The maximum atomic E-state index is 15.5. The van der Waals surface area contributed by atoms with Crippen LogP contribution in [0.4, 0.5) is 20.2 Å². The van der Waals surface area contributed by atoms with Crippen molar-refractivity contribution in [1.29, 1.82) is 0 Å². The van der Waals surface area contributed by atoms with Gasteiger partial charge in [-0.25, -0.2) is 8.78 Å². The number of benzene rings is 2. The Morgan fingerprint density at radius 2 is 1.83 bits per heavy atom. The van der Waals surface area contributed by atoms with Gasteiger partial charge in [-0.2, -0.15) is 0 Å². The zero-order valence-corrected chi connectivity index (χ0v) is 17.4. The van der Waals surface area contributed by atoms with E-state index in [-0.39, 0.29) is 5.82 Å². The minimum atomic E-state index is -0.607. The second-order valence-electron chi connectivity index (χ2n) is 8.26. The minimum absolute atomic E-state index is 0.360. The molecule has 0 bridgehead atoms. The summed E-state index contributed by atoms with van der Waals surface area (Å²) in [7, 11) is 1.77. The van der Waals surface area contributed by atoms with Gasteiger partial charge in [-0.1, -0.05) is 0 Å². The first-order valence-corrected chi connectivity index (χ1v) is 9.76. The van der Waals surface area contributed by atoms with Crippen LogP contribution in [0.25, 0.3) is 27.7 Å². The Morgan fingerprint density at radius 1 is 1.07 bits per heavy atom. The minimum Gasteiger partial charge on any atom is -0.386 e. The second kappa shape index (κ2) is 6.04. The van der Waals surface area contributed by atoms with Gasteiger partial charge in [0.1, 0.15) is 17.5 Å². The summed E-state index contributed by atoms with van der Waals surface area (Å²) < 4.78 is 31.8. The van der Waals surface area contributed by atoms with Crippen LogP contribution in [0, 0.1) is 25.5 Å². The van der Waals surface area contributed by atoms with E-state index in [0.717, 1.165) is 16.5 Å². The lowest BCUT2D eigenvalue weighted by Gasteiger charge is -2.35. The molecule has 0 saturated heterocycles. The number of rotatable bonds is 2. The zero-order valence-electron chi connectivity index (χ0n) is 17.4. The van der Waals surface area contributed by atoms with E-state index in [4.69, 9.17) is 0 Å². The number of nitrogens with zero attached hydrogens (tertiary/aromatic N) is 3. The van der Waals surface area contributed by atoms with Crippen LogP contribution in [0.2, 0.25) is 0 Å². The molecule has 5 rings (SSSR count). The fraction of sp³-hybridized carbons (Fsp3) is 0.273. The van der Waals surface area contributed by atoms with Gasteiger partial charge in [0.05, 0.1) is 28.1 Å². The molecule has 2 aromatic carbocycles. The Bertz CT molecular complexity index is 1330. The number of hydrogen-bond donors (Lipinski definition) is 3. The van der Waals surface area contributed by atoms with Crippen molar-refractivity contribution >= 4 is 22.3 Å². The van der Waals surface area contributed by atoms with E-state index in [1.807, 2.05) is 38.5 Å². The summed E-state index contributed by atoms with van der Waals surface area (Å²) in [5, 5.41) is 15.8. The average molecular weight is 408 g/mol. The highest BCUT2D eigenvalue weighted by Gasteiger charge is 2.37. The van der Waals surface area contributed by atoms with Crippen molar-refractivity contribution in [2.24, 2.45) is 0 Å². The van der Waals surface area contributed by atoms with Crippen LogP contribution in [-0.2, 0) is 5.54 Å². The molecular formula is C22H22F2N6. The fourth-order valence-corrected chi connectivity index (χ4v) is 4.39. The summed E-state index contributed by atoms with van der Waals surface area (Å²) in [5.41, 5.74) is 3.83. The van der Waals surface area contributed by atoms with Crippen LogP contribution in [0.3, 0.4) is 0 Å². The van der Waals surface area contributed by atoms with Gasteiger partial charge in [0.15, 0.2) is 5.82 Å². The predicted molar refractivity (Wildman–Crippen MR) is 114 cm³/mol. The monoisotopic (exact) mass is 408 g/mol. The van der Waals surface area contributed by atoms with Crippen LogP contribution in [0.15, 0.2) is 24.4 Å². The predicted octanol–water partition coefficient (Wildman–Crippen LogP) is 5.01. The van der Waals surface area contributed by atoms with Crippen LogP contribution in [0.5, 0.6) is 0 Å². The molecule has 0 atom stereocenters. The standard InChI is InChI=1S/C22H22F2N6/c1-10-9-26-17-13(10)6-12(23)7-14(17)15-8-16(24)19-20(18(15)25-5)30-11(2)28-29-21(30)22(3,4)27-19/h6-9,25-27H,1-5H3. The molecule has 0 amide bonds. The first-order chi connectivity index (χ1) is 14.2. The molecule has 3 N–H and O–H groups in total. The molecular weight excluding hydrogens is 386 g/mol. The summed E-state index contributed by atoms with van der Waals surface area (Å²) in [6.07, 6.45) is 1.83. The number of H-pyrrole nitrogens is 1. The number of fused-ring (bicyclic) bond motifs is 4. The molecule has 1 aliphatic heterocycles. The van der Waals surface area contributed by atoms with Crippen LogP contribution < -0.4 is 10.6 Å². The number of hydrogen-bond acceptors (Lipinski definition) is 4. The van der Waals surface area contributed by atoms with E-state index in [1.165, 1.54) is 18.2 Å². The summed E-state index contributed by atoms with van der Waals surface area (Å²) in [6, 6.07) is 4.37. The maximum Gasteiger partial charge on any atom is 0.162 e. The number of anilines is 2. The highest BCUT2D eigenvalue weighted by Crippen LogP contribution is 2.47. The molecule has 3 heterocycles. The molecule has 0 fully saturated rings. The van der Waals surface area contributed by atoms with E-state index >= 15 is 4.39 Å². The van der Waals surface area contributed by atoms with Gasteiger partial charge in [0, 0.05) is 29.8 Å². The first kappa shape index (κ1) is 18.6. The topological polar surface area (TPSA) is 70.6 Å². The number of aromatic amines is 1. The molecule has 2 aromatic heterocycles. The van der Waals surface area contributed by atoms with Gasteiger partial charge in [0.2, 0.25) is 0 Å². The second-order valence-corrected chi connectivity index (χ2v) is 8.26. The molecule has 0 saturated carbocycles. The average Bonchev–Trinajstić information content (AvgIpc) is 3.26. The molecule has 0 aliphatic carbocycles. The molecule has 0 unspecified atom stereocenters. The molecule has 4 aromatic rings. The smallest absolute Gasteiger partial charge is 0.162 e. The quantitative estimate of drug-likeness (QED) is 0.436. The molecule has 8 heteroatoms. The molecule has 30 heavy (non-hydrogen) atoms. The Balaban J connectivity index is 1.90. The Hall–Kier alpha value is -3.42. The molecule has 6 nitrogen and oxygen atoms in total. The fourth-order valence-electron chi connectivity index (χ4n) is 4.39. The maximum absolute atomic E-state index is 15.5. The van der Waals surface area contributed by atoms with Gasteiger partial charge in [0.25, 0.3) is 0 Å². The van der Waals surface area contributed by atoms with E-state index in [2.05, 4.69) is 25.8 Å². The van der Waals surface area contributed by atoms with Gasteiger partial charge in [-0.3, -0.25) is 4.57 Å².